The Morgan fingerprint density at radius 3 is 2.34 bits per heavy atom. The lowest BCUT2D eigenvalue weighted by Crippen LogP contribution is -2.49. The molecule has 29 heavy (non-hydrogen) atoms. The molecule has 3 rings (SSSR count). The van der Waals surface area contributed by atoms with Gasteiger partial charge in [-0.1, -0.05) is 26.0 Å². The van der Waals surface area contributed by atoms with E-state index in [2.05, 4.69) is 34.1 Å². The summed E-state index contributed by atoms with van der Waals surface area (Å²) in [5.74, 6) is -0.231. The monoisotopic (exact) mass is 422 g/mol. The normalized spacial score (nSPS) is 16.9. The number of aromatic nitrogens is 4. The number of piperazine rings is 1. The molecule has 1 fully saturated rings. The number of esters is 1. The van der Waals surface area contributed by atoms with Crippen molar-refractivity contribution in [2.45, 2.75) is 33.1 Å². The summed E-state index contributed by atoms with van der Waals surface area (Å²) in [5.41, 5.74) is 0.727. The molecular weight excluding hydrogens is 395 g/mol. The predicted octanol–water partition coefficient (Wildman–Crippen LogP) is 2.09. The summed E-state index contributed by atoms with van der Waals surface area (Å²) in [6, 6.07) is 5.45. The van der Waals surface area contributed by atoms with Crippen LogP contribution in [0.4, 0.5) is 4.39 Å². The predicted molar refractivity (Wildman–Crippen MR) is 108 cm³/mol. The summed E-state index contributed by atoms with van der Waals surface area (Å²) in [6.45, 7) is 8.35. The molecule has 1 aliphatic rings. The molecule has 1 aliphatic heterocycles. The molecule has 8 nitrogen and oxygen atoms in total. The van der Waals surface area contributed by atoms with Crippen molar-refractivity contribution >= 4 is 18.2 Å². The van der Waals surface area contributed by atoms with Crippen molar-refractivity contribution < 1.29 is 13.9 Å². The maximum absolute atomic E-state index is 13.3. The van der Waals surface area contributed by atoms with Crippen LogP contribution >= 0.6 is 12.2 Å². The van der Waals surface area contributed by atoms with Crippen molar-refractivity contribution in [3.8, 4) is 0 Å². The first-order chi connectivity index (χ1) is 13.9. The average molecular weight is 423 g/mol. The molecule has 1 atom stereocenters. The van der Waals surface area contributed by atoms with Crippen molar-refractivity contribution in [3.63, 3.8) is 0 Å². The van der Waals surface area contributed by atoms with Gasteiger partial charge in [0.25, 0.3) is 0 Å². The number of hydrogen-bond donors (Lipinski definition) is 0. The van der Waals surface area contributed by atoms with E-state index in [0.717, 1.165) is 25.2 Å². The van der Waals surface area contributed by atoms with Crippen molar-refractivity contribution in [3.05, 3.63) is 40.4 Å². The molecule has 1 aromatic heterocycles. The first kappa shape index (κ1) is 21.5. The Labute approximate surface area is 174 Å². The van der Waals surface area contributed by atoms with E-state index in [-0.39, 0.29) is 11.8 Å². The first-order valence-electron chi connectivity index (χ1n) is 9.69. The van der Waals surface area contributed by atoms with Crippen LogP contribution in [0, 0.1) is 16.5 Å². The minimum atomic E-state index is -0.545. The summed E-state index contributed by atoms with van der Waals surface area (Å²) >= 11 is 5.47. The number of nitrogens with zero attached hydrogens (tertiary/aromatic N) is 6. The molecule has 10 heteroatoms. The van der Waals surface area contributed by atoms with Crippen molar-refractivity contribution in [2.24, 2.45) is 5.92 Å². The van der Waals surface area contributed by atoms with Crippen LogP contribution in [0.5, 0.6) is 0 Å². The molecule has 2 aromatic rings. The van der Waals surface area contributed by atoms with Crippen LogP contribution in [0.1, 0.15) is 25.5 Å². The Morgan fingerprint density at radius 1 is 1.14 bits per heavy atom. The van der Waals surface area contributed by atoms with Gasteiger partial charge in [0, 0.05) is 32.7 Å². The van der Waals surface area contributed by atoms with Crippen LogP contribution in [-0.2, 0) is 22.7 Å². The van der Waals surface area contributed by atoms with E-state index >= 15 is 0 Å². The fourth-order valence-corrected chi connectivity index (χ4v) is 3.67. The van der Waals surface area contributed by atoms with Gasteiger partial charge in [-0.05, 0) is 46.3 Å². The van der Waals surface area contributed by atoms with E-state index in [1.165, 1.54) is 19.2 Å². The quantitative estimate of drug-likeness (QED) is 0.500. The smallest absolute Gasteiger partial charge is 0.327 e. The third kappa shape index (κ3) is 5.26. The van der Waals surface area contributed by atoms with Gasteiger partial charge in [0.05, 0.1) is 13.8 Å². The Morgan fingerprint density at radius 2 is 1.76 bits per heavy atom. The molecule has 0 unspecified atom stereocenters. The molecule has 0 spiro atoms. The number of halogens is 1. The Balaban J connectivity index is 1.64. The van der Waals surface area contributed by atoms with Crippen LogP contribution < -0.4 is 0 Å². The molecule has 0 amide bonds. The Bertz CT molecular complexity index is 874. The summed E-state index contributed by atoms with van der Waals surface area (Å²) in [4.78, 5) is 16.7. The lowest BCUT2D eigenvalue weighted by atomic mass is 10.0. The van der Waals surface area contributed by atoms with Crippen molar-refractivity contribution in [1.29, 1.82) is 0 Å². The average Bonchev–Trinajstić information content (AvgIpc) is 3.03. The molecule has 0 saturated carbocycles. The molecule has 0 bridgehead atoms. The third-order valence-corrected chi connectivity index (χ3v) is 5.37. The number of carbonyl (C=O) groups is 1. The van der Waals surface area contributed by atoms with Crippen molar-refractivity contribution in [2.75, 3.05) is 33.3 Å². The van der Waals surface area contributed by atoms with Gasteiger partial charge in [0.1, 0.15) is 11.9 Å². The Kier molecular flexibility index (Phi) is 7.09. The first-order valence-corrected chi connectivity index (χ1v) is 10.1. The standard InChI is InChI=1S/C19H27FN6O2S/c1-14(2)12-25-19(29)26(22-21-25)13-23-8-10-24(11-9-23)17(18(27)28-3)15-4-6-16(20)7-5-15/h4-7,14,17H,8-13H2,1-3H3/t17-/m0/s1. The zero-order chi connectivity index (χ0) is 21.0. The molecular formula is C19H27FN6O2S. The summed E-state index contributed by atoms with van der Waals surface area (Å²) in [5, 5.41) is 8.32. The fraction of sp³-hybridized carbons (Fsp3) is 0.579. The van der Waals surface area contributed by atoms with Crippen LogP contribution in [0.2, 0.25) is 0 Å². The molecule has 158 valence electrons. The lowest BCUT2D eigenvalue weighted by Gasteiger charge is -2.38. The molecule has 1 saturated heterocycles. The summed E-state index contributed by atoms with van der Waals surface area (Å²) in [6.07, 6.45) is 0. The fourth-order valence-electron chi connectivity index (χ4n) is 3.46. The van der Waals surface area contributed by atoms with E-state index in [9.17, 15) is 9.18 Å². The number of hydrogen-bond acceptors (Lipinski definition) is 7. The van der Waals surface area contributed by atoms with Crippen LogP contribution in [0.3, 0.4) is 0 Å². The minimum absolute atomic E-state index is 0.329. The van der Waals surface area contributed by atoms with Gasteiger partial charge in [-0.2, -0.15) is 0 Å². The van der Waals surface area contributed by atoms with Gasteiger partial charge in [0.15, 0.2) is 0 Å². The van der Waals surface area contributed by atoms with Crippen LogP contribution in [-0.4, -0.2) is 68.8 Å². The minimum Gasteiger partial charge on any atom is -0.468 e. The second-order valence-electron chi connectivity index (χ2n) is 7.61. The molecule has 0 radical (unpaired) electrons. The zero-order valence-electron chi connectivity index (χ0n) is 17.0. The van der Waals surface area contributed by atoms with E-state index in [1.807, 2.05) is 0 Å². The molecule has 1 aromatic carbocycles. The number of tetrazole rings is 1. The molecule has 0 N–H and O–H groups in total. The lowest BCUT2D eigenvalue weighted by molar-refractivity contribution is -0.148. The number of benzene rings is 1. The highest BCUT2D eigenvalue weighted by molar-refractivity contribution is 7.71. The highest BCUT2D eigenvalue weighted by Gasteiger charge is 2.31. The largest absolute Gasteiger partial charge is 0.468 e. The van der Waals surface area contributed by atoms with E-state index in [4.69, 9.17) is 17.0 Å². The highest BCUT2D eigenvalue weighted by atomic mass is 32.1. The van der Waals surface area contributed by atoms with Gasteiger partial charge in [-0.25, -0.2) is 18.5 Å². The second kappa shape index (κ2) is 9.55. The highest BCUT2D eigenvalue weighted by Crippen LogP contribution is 2.24. The van der Waals surface area contributed by atoms with Gasteiger partial charge >= 0.3 is 5.97 Å². The van der Waals surface area contributed by atoms with Gasteiger partial charge in [-0.15, -0.1) is 0 Å². The maximum atomic E-state index is 13.3. The third-order valence-electron chi connectivity index (χ3n) is 4.95. The number of ether oxygens (including phenoxy) is 1. The van der Waals surface area contributed by atoms with E-state index in [1.54, 1.807) is 21.5 Å². The van der Waals surface area contributed by atoms with E-state index in [0.29, 0.717) is 30.4 Å². The SMILES string of the molecule is COC(=O)[C@H](c1ccc(F)cc1)N1CCN(Cn2nnn(CC(C)C)c2=S)CC1. The number of carbonyl (C=O) groups excluding carboxylic acids is 1. The zero-order valence-corrected chi connectivity index (χ0v) is 17.8. The van der Waals surface area contributed by atoms with E-state index < -0.39 is 6.04 Å². The van der Waals surface area contributed by atoms with Gasteiger partial charge < -0.3 is 4.74 Å². The van der Waals surface area contributed by atoms with Gasteiger partial charge in [-0.3, -0.25) is 9.80 Å². The maximum Gasteiger partial charge on any atom is 0.327 e. The molecule has 0 aliphatic carbocycles. The number of rotatable bonds is 7. The summed E-state index contributed by atoms with van der Waals surface area (Å²) < 4.78 is 22.4. The van der Waals surface area contributed by atoms with Crippen LogP contribution in [0.15, 0.2) is 24.3 Å². The molecule has 2 heterocycles. The van der Waals surface area contributed by atoms with Crippen LogP contribution in [0.25, 0.3) is 0 Å². The van der Waals surface area contributed by atoms with Gasteiger partial charge in [0.2, 0.25) is 4.77 Å². The topological polar surface area (TPSA) is 68.4 Å². The second-order valence-corrected chi connectivity index (χ2v) is 7.97. The summed E-state index contributed by atoms with van der Waals surface area (Å²) in [7, 11) is 1.37. The van der Waals surface area contributed by atoms with Crippen molar-refractivity contribution in [1.82, 2.24) is 29.6 Å². The Hall–Kier alpha value is -2.17. The number of methoxy groups -OCH3 is 1.